The van der Waals surface area contributed by atoms with Crippen molar-refractivity contribution < 1.29 is 14.3 Å². The molecule has 1 aromatic rings. The number of hydrogen-bond donors (Lipinski definition) is 0. The predicted molar refractivity (Wildman–Crippen MR) is 56.9 cm³/mol. The molecule has 0 saturated heterocycles. The van der Waals surface area contributed by atoms with Crippen LogP contribution in [0.3, 0.4) is 0 Å². The number of carbonyl (C=O) groups excluding carboxylic acids is 2. The standard InChI is InChI=1S/C11H8ClNO3/c1-16-11(15)9(6-13)10(14)7-3-2-4-8(12)5-7/h2-5,9H,1H3. The summed E-state index contributed by atoms with van der Waals surface area (Å²) in [6.07, 6.45) is 0. The van der Waals surface area contributed by atoms with Gasteiger partial charge in [-0.15, -0.1) is 0 Å². The maximum atomic E-state index is 11.7. The van der Waals surface area contributed by atoms with E-state index < -0.39 is 17.7 Å². The molecule has 4 nitrogen and oxygen atoms in total. The second-order valence-electron chi connectivity index (χ2n) is 2.96. The molecular formula is C11H8ClNO3. The van der Waals surface area contributed by atoms with Gasteiger partial charge in [0.25, 0.3) is 0 Å². The van der Waals surface area contributed by atoms with Gasteiger partial charge < -0.3 is 4.74 Å². The SMILES string of the molecule is COC(=O)C(C#N)C(=O)c1cccc(Cl)c1. The van der Waals surface area contributed by atoms with Crippen molar-refractivity contribution in [3.05, 3.63) is 34.9 Å². The lowest BCUT2D eigenvalue weighted by Crippen LogP contribution is -2.23. The highest BCUT2D eigenvalue weighted by Gasteiger charge is 2.28. The molecule has 0 amide bonds. The number of halogens is 1. The van der Waals surface area contributed by atoms with Gasteiger partial charge in [0.15, 0.2) is 5.78 Å². The third-order valence-electron chi connectivity index (χ3n) is 1.94. The van der Waals surface area contributed by atoms with Crippen LogP contribution in [-0.4, -0.2) is 18.9 Å². The van der Waals surface area contributed by atoms with E-state index >= 15 is 0 Å². The summed E-state index contributed by atoms with van der Waals surface area (Å²) >= 11 is 5.70. The fourth-order valence-electron chi connectivity index (χ4n) is 1.14. The normalized spacial score (nSPS) is 11.3. The van der Waals surface area contributed by atoms with E-state index in [0.29, 0.717) is 5.02 Å². The van der Waals surface area contributed by atoms with Gasteiger partial charge in [0.1, 0.15) is 0 Å². The summed E-state index contributed by atoms with van der Waals surface area (Å²) in [5, 5.41) is 9.09. The van der Waals surface area contributed by atoms with Crippen LogP contribution >= 0.6 is 11.6 Å². The highest BCUT2D eigenvalue weighted by Crippen LogP contribution is 2.15. The van der Waals surface area contributed by atoms with Crippen LogP contribution < -0.4 is 0 Å². The number of benzene rings is 1. The fraction of sp³-hybridized carbons (Fsp3) is 0.182. The van der Waals surface area contributed by atoms with Gasteiger partial charge in [-0.2, -0.15) is 5.26 Å². The predicted octanol–water partition coefficient (Wildman–Crippen LogP) is 1.84. The Kier molecular flexibility index (Phi) is 4.03. The van der Waals surface area contributed by atoms with Crippen LogP contribution in [0.1, 0.15) is 10.4 Å². The van der Waals surface area contributed by atoms with Crippen molar-refractivity contribution >= 4 is 23.4 Å². The average molecular weight is 238 g/mol. The first kappa shape index (κ1) is 12.2. The number of hydrogen-bond acceptors (Lipinski definition) is 4. The van der Waals surface area contributed by atoms with Crippen molar-refractivity contribution in [3.63, 3.8) is 0 Å². The second-order valence-corrected chi connectivity index (χ2v) is 3.40. The van der Waals surface area contributed by atoms with E-state index in [4.69, 9.17) is 16.9 Å². The quantitative estimate of drug-likeness (QED) is 0.457. The molecule has 0 bridgehead atoms. The van der Waals surface area contributed by atoms with Gasteiger partial charge in [0.05, 0.1) is 13.2 Å². The van der Waals surface area contributed by atoms with Gasteiger partial charge in [-0.05, 0) is 12.1 Å². The van der Waals surface area contributed by atoms with Crippen LogP contribution in [0.4, 0.5) is 0 Å². The smallest absolute Gasteiger partial charge is 0.331 e. The summed E-state index contributed by atoms with van der Waals surface area (Å²) in [5.41, 5.74) is 0.212. The molecule has 0 fully saturated rings. The summed E-state index contributed by atoms with van der Waals surface area (Å²) in [6.45, 7) is 0. The van der Waals surface area contributed by atoms with Gasteiger partial charge in [0, 0.05) is 10.6 Å². The van der Waals surface area contributed by atoms with Crippen molar-refractivity contribution in [2.75, 3.05) is 7.11 Å². The molecule has 0 aliphatic rings. The number of carbonyl (C=O) groups is 2. The molecule has 0 radical (unpaired) electrons. The molecular weight excluding hydrogens is 230 g/mol. The van der Waals surface area contributed by atoms with Gasteiger partial charge in [0.2, 0.25) is 5.92 Å². The van der Waals surface area contributed by atoms with Crippen molar-refractivity contribution in [2.24, 2.45) is 5.92 Å². The number of methoxy groups -OCH3 is 1. The molecule has 1 rings (SSSR count). The van der Waals surface area contributed by atoms with E-state index in [1.165, 1.54) is 12.1 Å². The third-order valence-corrected chi connectivity index (χ3v) is 2.17. The first-order valence-electron chi connectivity index (χ1n) is 4.37. The third kappa shape index (κ3) is 2.59. The lowest BCUT2D eigenvalue weighted by molar-refractivity contribution is -0.141. The Morgan fingerprint density at radius 1 is 1.50 bits per heavy atom. The maximum Gasteiger partial charge on any atom is 0.331 e. The molecule has 0 spiro atoms. The van der Waals surface area contributed by atoms with E-state index in [1.54, 1.807) is 18.2 Å². The van der Waals surface area contributed by atoms with Crippen molar-refractivity contribution in [1.82, 2.24) is 0 Å². The Hall–Kier alpha value is -1.86. The number of esters is 1. The van der Waals surface area contributed by atoms with Crippen LogP contribution in [0.15, 0.2) is 24.3 Å². The highest BCUT2D eigenvalue weighted by atomic mass is 35.5. The molecule has 1 atom stereocenters. The molecule has 0 heterocycles. The van der Waals surface area contributed by atoms with Gasteiger partial charge in [-0.3, -0.25) is 9.59 Å². The molecule has 1 aromatic carbocycles. The van der Waals surface area contributed by atoms with E-state index in [-0.39, 0.29) is 5.56 Å². The van der Waals surface area contributed by atoms with E-state index in [9.17, 15) is 9.59 Å². The van der Waals surface area contributed by atoms with Crippen LogP contribution in [0.5, 0.6) is 0 Å². The zero-order valence-electron chi connectivity index (χ0n) is 8.44. The monoisotopic (exact) mass is 237 g/mol. The molecule has 5 heteroatoms. The Labute approximate surface area is 97.4 Å². The molecule has 0 N–H and O–H groups in total. The number of ketones is 1. The van der Waals surface area contributed by atoms with E-state index in [1.807, 2.05) is 0 Å². The minimum Gasteiger partial charge on any atom is -0.468 e. The maximum absolute atomic E-state index is 11.7. The molecule has 0 aliphatic heterocycles. The summed E-state index contributed by atoms with van der Waals surface area (Å²) in [6, 6.07) is 7.66. The molecule has 16 heavy (non-hydrogen) atoms. The molecule has 0 aromatic heterocycles. The highest BCUT2D eigenvalue weighted by molar-refractivity contribution is 6.31. The summed E-state index contributed by atoms with van der Waals surface area (Å²) in [5.74, 6) is -2.92. The van der Waals surface area contributed by atoms with Gasteiger partial charge in [-0.25, -0.2) is 0 Å². The first-order chi connectivity index (χ1) is 7.60. The van der Waals surface area contributed by atoms with Gasteiger partial charge >= 0.3 is 5.97 Å². The van der Waals surface area contributed by atoms with Crippen LogP contribution in [-0.2, 0) is 9.53 Å². The van der Waals surface area contributed by atoms with Crippen molar-refractivity contribution in [3.8, 4) is 6.07 Å². The summed E-state index contributed by atoms with van der Waals surface area (Å²) < 4.78 is 4.36. The average Bonchev–Trinajstić information content (AvgIpc) is 2.29. The first-order valence-corrected chi connectivity index (χ1v) is 4.75. The summed E-state index contributed by atoms with van der Waals surface area (Å²) in [7, 11) is 1.12. The molecule has 0 aliphatic carbocycles. The Balaban J connectivity index is 3.02. The molecule has 0 saturated carbocycles. The minimum atomic E-state index is -1.44. The largest absolute Gasteiger partial charge is 0.468 e. The lowest BCUT2D eigenvalue weighted by Gasteiger charge is -2.05. The summed E-state index contributed by atoms with van der Waals surface area (Å²) in [4.78, 5) is 22.9. The molecule has 1 unspecified atom stereocenters. The number of nitriles is 1. The number of Topliss-reactive ketones (excluding diaryl/α,β-unsaturated/α-hetero) is 1. The topological polar surface area (TPSA) is 67.2 Å². The minimum absolute atomic E-state index is 0.212. The Morgan fingerprint density at radius 3 is 2.69 bits per heavy atom. The van der Waals surface area contributed by atoms with Crippen molar-refractivity contribution in [2.45, 2.75) is 0 Å². The van der Waals surface area contributed by atoms with Crippen LogP contribution in [0.25, 0.3) is 0 Å². The zero-order chi connectivity index (χ0) is 12.1. The lowest BCUT2D eigenvalue weighted by atomic mass is 9.99. The van der Waals surface area contributed by atoms with E-state index in [0.717, 1.165) is 7.11 Å². The van der Waals surface area contributed by atoms with Gasteiger partial charge in [-0.1, -0.05) is 23.7 Å². The number of ether oxygens (including phenoxy) is 1. The van der Waals surface area contributed by atoms with Crippen molar-refractivity contribution in [1.29, 1.82) is 5.26 Å². The van der Waals surface area contributed by atoms with Crippen LogP contribution in [0, 0.1) is 17.2 Å². The van der Waals surface area contributed by atoms with Crippen LogP contribution in [0.2, 0.25) is 5.02 Å². The fourth-order valence-corrected chi connectivity index (χ4v) is 1.33. The number of rotatable bonds is 3. The Bertz CT molecular complexity index is 465. The Morgan fingerprint density at radius 2 is 2.19 bits per heavy atom. The molecule has 82 valence electrons. The second kappa shape index (κ2) is 5.29. The zero-order valence-corrected chi connectivity index (χ0v) is 9.19. The van der Waals surface area contributed by atoms with E-state index in [2.05, 4.69) is 4.74 Å². The number of nitrogens with zero attached hydrogens (tertiary/aromatic N) is 1.